The predicted octanol–water partition coefficient (Wildman–Crippen LogP) is 5.04. The van der Waals surface area contributed by atoms with Crippen LogP contribution in [0.5, 0.6) is 17.2 Å². The van der Waals surface area contributed by atoms with E-state index in [1.807, 2.05) is 63.2 Å². The Hall–Kier alpha value is -4.54. The third-order valence-electron chi connectivity index (χ3n) is 5.26. The van der Waals surface area contributed by atoms with E-state index in [2.05, 4.69) is 35.6 Å². The molecule has 11 nitrogen and oxygen atoms in total. The van der Waals surface area contributed by atoms with Gasteiger partial charge in [0.25, 0.3) is 11.9 Å². The Labute approximate surface area is 209 Å². The van der Waals surface area contributed by atoms with Crippen molar-refractivity contribution in [2.24, 2.45) is 10.2 Å². The van der Waals surface area contributed by atoms with Crippen molar-refractivity contribution in [3.8, 4) is 23.2 Å². The minimum atomic E-state index is 0.148. The molecule has 36 heavy (non-hydrogen) atoms. The van der Waals surface area contributed by atoms with Crippen LogP contribution < -0.4 is 19.5 Å². The SMILES string of the molecule is COc1cc(CN=Nc2nc(Nc3ccc(C)cc3)nc(-n3nc(C)cc3C)n2)cc(OC)c1OC. The molecule has 11 heteroatoms. The van der Waals surface area contributed by atoms with Gasteiger partial charge in [-0.3, -0.25) is 0 Å². The first kappa shape index (κ1) is 24.6. The summed E-state index contributed by atoms with van der Waals surface area (Å²) in [6.07, 6.45) is 0. The van der Waals surface area contributed by atoms with E-state index in [0.717, 1.165) is 28.2 Å². The molecule has 1 N–H and O–H groups in total. The molecular formula is C25H28N8O3. The van der Waals surface area contributed by atoms with Crippen LogP contribution in [0.3, 0.4) is 0 Å². The highest BCUT2D eigenvalue weighted by atomic mass is 16.5. The third kappa shape index (κ3) is 5.57. The number of methoxy groups -OCH3 is 3. The molecule has 0 saturated heterocycles. The van der Waals surface area contributed by atoms with Crippen molar-refractivity contribution in [3.63, 3.8) is 0 Å². The number of hydrogen-bond acceptors (Lipinski definition) is 10. The molecule has 4 rings (SSSR count). The van der Waals surface area contributed by atoms with Crippen LogP contribution in [0.15, 0.2) is 52.7 Å². The van der Waals surface area contributed by atoms with Gasteiger partial charge in [0, 0.05) is 11.4 Å². The first-order valence-corrected chi connectivity index (χ1v) is 11.2. The summed E-state index contributed by atoms with van der Waals surface area (Å²) in [5, 5.41) is 16.3. The lowest BCUT2D eigenvalue weighted by Crippen LogP contribution is -2.08. The fourth-order valence-electron chi connectivity index (χ4n) is 3.55. The van der Waals surface area contributed by atoms with Gasteiger partial charge in [-0.05, 0) is 56.7 Å². The van der Waals surface area contributed by atoms with Crippen molar-refractivity contribution in [2.45, 2.75) is 27.3 Å². The molecular weight excluding hydrogens is 460 g/mol. The number of nitrogens with zero attached hydrogens (tertiary/aromatic N) is 7. The fourth-order valence-corrected chi connectivity index (χ4v) is 3.55. The molecule has 0 aliphatic rings. The topological polar surface area (TPSA) is 121 Å². The summed E-state index contributed by atoms with van der Waals surface area (Å²) in [5.74, 6) is 2.41. The molecule has 186 valence electrons. The number of ether oxygens (including phenoxy) is 3. The number of anilines is 2. The first-order valence-electron chi connectivity index (χ1n) is 11.2. The van der Waals surface area contributed by atoms with E-state index in [1.54, 1.807) is 26.0 Å². The molecule has 4 aromatic rings. The summed E-state index contributed by atoms with van der Waals surface area (Å²) >= 11 is 0. The van der Waals surface area contributed by atoms with E-state index in [9.17, 15) is 0 Å². The van der Waals surface area contributed by atoms with Gasteiger partial charge in [0.15, 0.2) is 11.5 Å². The molecule has 0 bridgehead atoms. The van der Waals surface area contributed by atoms with Crippen molar-refractivity contribution >= 4 is 17.6 Å². The Morgan fingerprint density at radius 2 is 1.56 bits per heavy atom. The number of aryl methyl sites for hydroxylation is 3. The van der Waals surface area contributed by atoms with Crippen molar-refractivity contribution in [3.05, 3.63) is 65.0 Å². The van der Waals surface area contributed by atoms with E-state index < -0.39 is 0 Å². The van der Waals surface area contributed by atoms with Gasteiger partial charge in [-0.15, -0.1) is 5.11 Å². The minimum Gasteiger partial charge on any atom is -0.493 e. The zero-order chi connectivity index (χ0) is 25.7. The zero-order valence-electron chi connectivity index (χ0n) is 21.1. The van der Waals surface area contributed by atoms with Crippen LogP contribution in [0.4, 0.5) is 17.6 Å². The van der Waals surface area contributed by atoms with Gasteiger partial charge in [-0.1, -0.05) is 17.7 Å². The van der Waals surface area contributed by atoms with E-state index in [1.165, 1.54) is 0 Å². The van der Waals surface area contributed by atoms with E-state index in [4.69, 9.17) is 14.2 Å². The Morgan fingerprint density at radius 3 is 2.14 bits per heavy atom. The molecule has 2 aromatic carbocycles. The van der Waals surface area contributed by atoms with Crippen molar-refractivity contribution in [1.82, 2.24) is 24.7 Å². The summed E-state index contributed by atoms with van der Waals surface area (Å²) in [6, 6.07) is 13.5. The molecule has 0 unspecified atom stereocenters. The molecule has 0 radical (unpaired) electrons. The second kappa shape index (κ2) is 10.8. The van der Waals surface area contributed by atoms with Crippen molar-refractivity contribution < 1.29 is 14.2 Å². The maximum Gasteiger partial charge on any atom is 0.275 e. The highest BCUT2D eigenvalue weighted by Crippen LogP contribution is 2.38. The van der Waals surface area contributed by atoms with Gasteiger partial charge in [0.05, 0.1) is 33.6 Å². The van der Waals surface area contributed by atoms with Crippen LogP contribution in [0.2, 0.25) is 0 Å². The average molecular weight is 489 g/mol. The number of azo groups is 1. The lowest BCUT2D eigenvalue weighted by atomic mass is 10.2. The summed E-state index contributed by atoms with van der Waals surface area (Å²) in [4.78, 5) is 13.4. The van der Waals surface area contributed by atoms with E-state index in [0.29, 0.717) is 29.1 Å². The fraction of sp³-hybridized carbons (Fsp3) is 0.280. The van der Waals surface area contributed by atoms with Gasteiger partial charge in [-0.2, -0.15) is 25.2 Å². The molecule has 0 spiro atoms. The van der Waals surface area contributed by atoms with Crippen LogP contribution in [-0.4, -0.2) is 46.1 Å². The number of aromatic nitrogens is 5. The molecule has 0 saturated carbocycles. The molecule has 0 atom stereocenters. The van der Waals surface area contributed by atoms with Crippen LogP contribution in [-0.2, 0) is 6.54 Å². The third-order valence-corrected chi connectivity index (χ3v) is 5.26. The molecule has 0 aliphatic heterocycles. The second-order valence-corrected chi connectivity index (χ2v) is 8.02. The number of nitrogens with one attached hydrogen (secondary N) is 1. The van der Waals surface area contributed by atoms with Gasteiger partial charge in [0.1, 0.15) is 0 Å². The number of rotatable bonds is 9. The van der Waals surface area contributed by atoms with Gasteiger partial charge in [-0.25, -0.2) is 4.68 Å². The van der Waals surface area contributed by atoms with Crippen molar-refractivity contribution in [1.29, 1.82) is 0 Å². The van der Waals surface area contributed by atoms with E-state index >= 15 is 0 Å². The smallest absolute Gasteiger partial charge is 0.275 e. The highest BCUT2D eigenvalue weighted by molar-refractivity contribution is 5.55. The normalized spacial score (nSPS) is 11.1. The molecule has 0 amide bonds. The summed E-state index contributed by atoms with van der Waals surface area (Å²) in [6.45, 7) is 6.12. The second-order valence-electron chi connectivity index (χ2n) is 8.02. The minimum absolute atomic E-state index is 0.148. The van der Waals surface area contributed by atoms with Crippen LogP contribution in [0.25, 0.3) is 5.95 Å². The Balaban J connectivity index is 1.65. The molecule has 0 fully saturated rings. The van der Waals surface area contributed by atoms with Crippen LogP contribution >= 0.6 is 0 Å². The standard InChI is InChI=1S/C25H28N8O3/c1-15-7-9-19(10-8-15)27-23-28-24(30-25(29-23)33-17(3)11-16(2)32-33)31-26-14-18-12-20(34-4)22(36-6)21(13-18)35-5/h7-13H,14H2,1-6H3,(H,27,28,29,30). The Bertz CT molecular complexity index is 1360. The average Bonchev–Trinajstić information content (AvgIpc) is 3.22. The quantitative estimate of drug-likeness (QED) is 0.325. The van der Waals surface area contributed by atoms with Crippen LogP contribution in [0, 0.1) is 20.8 Å². The molecule has 2 heterocycles. The number of benzene rings is 2. The summed E-state index contributed by atoms with van der Waals surface area (Å²) < 4.78 is 17.9. The maximum atomic E-state index is 5.41. The highest BCUT2D eigenvalue weighted by Gasteiger charge is 2.14. The van der Waals surface area contributed by atoms with Gasteiger partial charge >= 0.3 is 0 Å². The van der Waals surface area contributed by atoms with Gasteiger partial charge in [0.2, 0.25) is 11.7 Å². The van der Waals surface area contributed by atoms with Crippen molar-refractivity contribution in [2.75, 3.05) is 26.6 Å². The zero-order valence-corrected chi connectivity index (χ0v) is 21.1. The predicted molar refractivity (Wildman–Crippen MR) is 135 cm³/mol. The number of hydrogen-bond donors (Lipinski definition) is 1. The molecule has 0 aliphatic carbocycles. The maximum absolute atomic E-state index is 5.41. The first-order chi connectivity index (χ1) is 17.4. The van der Waals surface area contributed by atoms with Gasteiger partial charge < -0.3 is 19.5 Å². The Kier molecular flexibility index (Phi) is 7.38. The largest absolute Gasteiger partial charge is 0.493 e. The summed E-state index contributed by atoms with van der Waals surface area (Å²) in [7, 11) is 4.69. The van der Waals surface area contributed by atoms with Crippen LogP contribution in [0.1, 0.15) is 22.5 Å². The lowest BCUT2D eigenvalue weighted by molar-refractivity contribution is 0.324. The monoisotopic (exact) mass is 488 g/mol. The Morgan fingerprint density at radius 1 is 0.861 bits per heavy atom. The summed E-state index contributed by atoms with van der Waals surface area (Å²) in [5.41, 5.74) is 4.55. The van der Waals surface area contributed by atoms with E-state index in [-0.39, 0.29) is 12.5 Å². The molecule has 2 aromatic heterocycles. The lowest BCUT2D eigenvalue weighted by Gasteiger charge is -2.13.